The van der Waals surface area contributed by atoms with Gasteiger partial charge in [0.05, 0.1) is 15.9 Å². The first-order valence-corrected chi connectivity index (χ1v) is 6.98. The predicted molar refractivity (Wildman–Crippen MR) is 73.1 cm³/mol. The van der Waals surface area contributed by atoms with Gasteiger partial charge in [0.1, 0.15) is 5.78 Å². The van der Waals surface area contributed by atoms with E-state index in [0.717, 1.165) is 28.8 Å². The molecule has 0 amide bonds. The fourth-order valence-electron chi connectivity index (χ4n) is 1.92. The van der Waals surface area contributed by atoms with E-state index in [9.17, 15) is 4.79 Å². The first-order chi connectivity index (χ1) is 7.95. The summed E-state index contributed by atoms with van der Waals surface area (Å²) in [5.74, 6) is 0.789. The monoisotopic (exact) mass is 300 g/mol. The molecule has 0 bridgehead atoms. The number of aromatic nitrogens is 2. The molecule has 0 radical (unpaired) electrons. The third kappa shape index (κ3) is 3.95. The molecule has 0 aromatic carbocycles. The van der Waals surface area contributed by atoms with Crippen LogP contribution in [0.5, 0.6) is 0 Å². The highest BCUT2D eigenvalue weighted by Gasteiger charge is 2.13. The van der Waals surface area contributed by atoms with Gasteiger partial charge in [-0.05, 0) is 42.1 Å². The van der Waals surface area contributed by atoms with Gasteiger partial charge in [0.15, 0.2) is 0 Å². The molecule has 0 aliphatic rings. The maximum absolute atomic E-state index is 11.7. The minimum Gasteiger partial charge on any atom is -0.300 e. The van der Waals surface area contributed by atoms with Crippen LogP contribution in [0.4, 0.5) is 0 Å². The van der Waals surface area contributed by atoms with E-state index in [1.807, 2.05) is 11.6 Å². The molecule has 96 valence electrons. The average molecular weight is 301 g/mol. The molecule has 0 atom stereocenters. The van der Waals surface area contributed by atoms with Crippen molar-refractivity contribution in [3.05, 3.63) is 15.9 Å². The Balaban J connectivity index is 2.65. The summed E-state index contributed by atoms with van der Waals surface area (Å²) in [5.41, 5.74) is 2.14. The van der Waals surface area contributed by atoms with E-state index >= 15 is 0 Å². The fourth-order valence-corrected chi connectivity index (χ4v) is 2.41. The van der Waals surface area contributed by atoms with Crippen LogP contribution in [0.25, 0.3) is 0 Å². The number of rotatable bonds is 6. The van der Waals surface area contributed by atoms with Crippen LogP contribution in [0.15, 0.2) is 4.47 Å². The zero-order valence-corrected chi connectivity index (χ0v) is 12.7. The normalized spacial score (nSPS) is 11.2. The van der Waals surface area contributed by atoms with Gasteiger partial charge in [-0.25, -0.2) is 0 Å². The summed E-state index contributed by atoms with van der Waals surface area (Å²) in [7, 11) is 0. The fraction of sp³-hybridized carbons (Fsp3) is 0.692. The Morgan fingerprint density at radius 2 is 2.12 bits per heavy atom. The molecule has 3 nitrogen and oxygen atoms in total. The second-order valence-electron chi connectivity index (χ2n) is 4.80. The van der Waals surface area contributed by atoms with Gasteiger partial charge in [0, 0.05) is 19.4 Å². The lowest BCUT2D eigenvalue weighted by molar-refractivity contribution is -0.119. The molecule has 1 heterocycles. The number of Topliss-reactive ketones (excluding diaryl/α,β-unsaturated/α-hetero) is 1. The standard InChI is InChI=1S/C13H21BrN2O/c1-5-16-12(13(14)10(4)15-16)7-6-11(17)8-9(2)3/h9H,5-8H2,1-4H3. The summed E-state index contributed by atoms with van der Waals surface area (Å²) in [5, 5.41) is 4.43. The molecular formula is C13H21BrN2O. The van der Waals surface area contributed by atoms with E-state index in [4.69, 9.17) is 0 Å². The lowest BCUT2D eigenvalue weighted by Gasteiger charge is -2.06. The predicted octanol–water partition coefficient (Wildman–Crippen LogP) is 3.52. The van der Waals surface area contributed by atoms with Gasteiger partial charge in [-0.15, -0.1) is 0 Å². The summed E-state index contributed by atoms with van der Waals surface area (Å²) < 4.78 is 3.03. The highest BCUT2D eigenvalue weighted by molar-refractivity contribution is 9.10. The molecule has 0 saturated heterocycles. The molecule has 0 saturated carbocycles. The van der Waals surface area contributed by atoms with Crippen molar-refractivity contribution in [3.63, 3.8) is 0 Å². The SMILES string of the molecule is CCn1nc(C)c(Br)c1CCC(=O)CC(C)C. The maximum Gasteiger partial charge on any atom is 0.133 e. The zero-order valence-electron chi connectivity index (χ0n) is 11.1. The van der Waals surface area contributed by atoms with Gasteiger partial charge < -0.3 is 0 Å². The molecule has 17 heavy (non-hydrogen) atoms. The Kier molecular flexibility index (Phi) is 5.37. The number of halogens is 1. The van der Waals surface area contributed by atoms with Crippen molar-refractivity contribution in [1.82, 2.24) is 9.78 Å². The zero-order chi connectivity index (χ0) is 13.0. The van der Waals surface area contributed by atoms with Gasteiger partial charge in [0.25, 0.3) is 0 Å². The lowest BCUT2D eigenvalue weighted by Crippen LogP contribution is -2.08. The molecule has 4 heteroatoms. The van der Waals surface area contributed by atoms with Crippen molar-refractivity contribution in [3.8, 4) is 0 Å². The number of ketones is 1. The highest BCUT2D eigenvalue weighted by Crippen LogP contribution is 2.22. The number of aryl methyl sites for hydroxylation is 2. The van der Waals surface area contributed by atoms with Gasteiger partial charge in [0.2, 0.25) is 0 Å². The summed E-state index contributed by atoms with van der Waals surface area (Å²) in [6.45, 7) is 9.05. The van der Waals surface area contributed by atoms with Crippen LogP contribution < -0.4 is 0 Å². The summed E-state index contributed by atoms with van der Waals surface area (Å²) >= 11 is 3.55. The molecule has 0 spiro atoms. The van der Waals surface area contributed by atoms with Crippen LogP contribution in [0.3, 0.4) is 0 Å². The van der Waals surface area contributed by atoms with E-state index in [2.05, 4.69) is 41.8 Å². The number of hydrogen-bond acceptors (Lipinski definition) is 2. The molecular weight excluding hydrogens is 280 g/mol. The van der Waals surface area contributed by atoms with Crippen molar-refractivity contribution in [2.24, 2.45) is 5.92 Å². The van der Waals surface area contributed by atoms with Crippen LogP contribution in [-0.4, -0.2) is 15.6 Å². The maximum atomic E-state index is 11.7. The minimum absolute atomic E-state index is 0.341. The van der Waals surface area contributed by atoms with Gasteiger partial charge in [-0.1, -0.05) is 13.8 Å². The first kappa shape index (κ1) is 14.4. The van der Waals surface area contributed by atoms with E-state index in [-0.39, 0.29) is 0 Å². The molecule has 1 aromatic heterocycles. The van der Waals surface area contributed by atoms with Crippen LogP contribution in [0.2, 0.25) is 0 Å². The molecule has 0 unspecified atom stereocenters. The minimum atomic E-state index is 0.341. The molecule has 1 aromatic rings. The quantitative estimate of drug-likeness (QED) is 0.805. The third-order valence-electron chi connectivity index (χ3n) is 2.73. The van der Waals surface area contributed by atoms with Crippen molar-refractivity contribution < 1.29 is 4.79 Å². The molecule has 0 aliphatic carbocycles. The second kappa shape index (κ2) is 6.34. The van der Waals surface area contributed by atoms with E-state index in [1.54, 1.807) is 0 Å². The number of nitrogens with zero attached hydrogens (tertiary/aromatic N) is 2. The Hall–Kier alpha value is -0.640. The van der Waals surface area contributed by atoms with Crippen LogP contribution in [0, 0.1) is 12.8 Å². The third-order valence-corrected chi connectivity index (χ3v) is 3.76. The van der Waals surface area contributed by atoms with Crippen molar-refractivity contribution in [1.29, 1.82) is 0 Å². The highest BCUT2D eigenvalue weighted by atomic mass is 79.9. The van der Waals surface area contributed by atoms with Gasteiger partial charge in [-0.2, -0.15) is 5.10 Å². The number of carbonyl (C=O) groups excluding carboxylic acids is 1. The van der Waals surface area contributed by atoms with Crippen molar-refractivity contribution in [2.45, 2.75) is 53.5 Å². The molecule has 0 fully saturated rings. The van der Waals surface area contributed by atoms with E-state index in [1.165, 1.54) is 0 Å². The average Bonchev–Trinajstić information content (AvgIpc) is 2.51. The van der Waals surface area contributed by atoms with Gasteiger partial charge in [-0.3, -0.25) is 9.48 Å². The topological polar surface area (TPSA) is 34.9 Å². The summed E-state index contributed by atoms with van der Waals surface area (Å²) in [6.07, 6.45) is 2.07. The van der Waals surface area contributed by atoms with Crippen molar-refractivity contribution >= 4 is 21.7 Å². The molecule has 1 rings (SSSR count). The van der Waals surface area contributed by atoms with Crippen LogP contribution >= 0.6 is 15.9 Å². The molecule has 0 aliphatic heterocycles. The number of carbonyl (C=O) groups is 1. The summed E-state index contributed by atoms with van der Waals surface area (Å²) in [4.78, 5) is 11.7. The second-order valence-corrected chi connectivity index (χ2v) is 5.59. The van der Waals surface area contributed by atoms with E-state index < -0.39 is 0 Å². The van der Waals surface area contributed by atoms with Crippen molar-refractivity contribution in [2.75, 3.05) is 0 Å². The smallest absolute Gasteiger partial charge is 0.133 e. The summed E-state index contributed by atoms with van der Waals surface area (Å²) in [6, 6.07) is 0. The van der Waals surface area contributed by atoms with Crippen LogP contribution in [-0.2, 0) is 17.8 Å². The van der Waals surface area contributed by atoms with E-state index in [0.29, 0.717) is 24.5 Å². The van der Waals surface area contributed by atoms with Crippen LogP contribution in [0.1, 0.15) is 45.0 Å². The van der Waals surface area contributed by atoms with Gasteiger partial charge >= 0.3 is 0 Å². The Bertz CT molecular complexity index is 396. The molecule has 0 N–H and O–H groups in total. The Morgan fingerprint density at radius 3 is 2.65 bits per heavy atom. The first-order valence-electron chi connectivity index (χ1n) is 6.19. The lowest BCUT2D eigenvalue weighted by atomic mass is 10.0. The Morgan fingerprint density at radius 1 is 1.47 bits per heavy atom. The number of hydrogen-bond donors (Lipinski definition) is 0. The largest absolute Gasteiger partial charge is 0.300 e. The Labute approximate surface area is 112 Å².